The molecule has 0 radical (unpaired) electrons. The first-order valence-corrected chi connectivity index (χ1v) is 14.4. The number of carbonyl (C=O) groups is 5. The number of fused-ring (bicyclic) bond motifs is 3. The summed E-state index contributed by atoms with van der Waals surface area (Å²) in [6.45, 7) is 3.06. The molecule has 0 spiro atoms. The van der Waals surface area contributed by atoms with Crippen LogP contribution in [0.25, 0.3) is 6.08 Å². The van der Waals surface area contributed by atoms with E-state index in [2.05, 4.69) is 0 Å². The molecule has 2 amide bonds. The van der Waals surface area contributed by atoms with Crippen LogP contribution in [0.1, 0.15) is 42.6 Å². The van der Waals surface area contributed by atoms with Crippen LogP contribution in [-0.2, 0) is 19.2 Å². The molecule has 6 rings (SSSR count). The molecule has 3 aliphatic carbocycles. The van der Waals surface area contributed by atoms with Crippen molar-refractivity contribution in [3.63, 3.8) is 0 Å². The smallest absolute Gasteiger partial charge is 0.238 e. The van der Waals surface area contributed by atoms with E-state index in [9.17, 15) is 29.1 Å². The second-order valence-corrected chi connectivity index (χ2v) is 11.5. The lowest BCUT2D eigenvalue weighted by atomic mass is 9.60. The molecule has 9 nitrogen and oxygen atoms in total. The highest BCUT2D eigenvalue weighted by Gasteiger charge is 2.56. The van der Waals surface area contributed by atoms with Gasteiger partial charge in [0.25, 0.3) is 0 Å². The van der Waals surface area contributed by atoms with Crippen LogP contribution in [0.2, 0.25) is 0 Å². The predicted molar refractivity (Wildman–Crippen MR) is 161 cm³/mol. The van der Waals surface area contributed by atoms with Crippen molar-refractivity contribution in [2.24, 2.45) is 23.7 Å². The lowest BCUT2D eigenvalue weighted by molar-refractivity contribution is -0.123. The molecule has 0 aromatic heterocycles. The van der Waals surface area contributed by atoms with Gasteiger partial charge in [0.05, 0.1) is 31.7 Å². The van der Waals surface area contributed by atoms with E-state index >= 15 is 0 Å². The summed E-state index contributed by atoms with van der Waals surface area (Å²) in [5, 5.41) is 10.3. The Morgan fingerprint density at radius 1 is 0.977 bits per heavy atom. The number of aromatic hydroxyl groups is 1. The molecule has 224 valence electrons. The van der Waals surface area contributed by atoms with Gasteiger partial charge >= 0.3 is 0 Å². The van der Waals surface area contributed by atoms with E-state index in [1.807, 2.05) is 12.2 Å². The van der Waals surface area contributed by atoms with Crippen LogP contribution >= 0.6 is 0 Å². The molecule has 0 unspecified atom stereocenters. The van der Waals surface area contributed by atoms with Gasteiger partial charge in [-0.1, -0.05) is 23.8 Å². The van der Waals surface area contributed by atoms with Crippen LogP contribution < -0.4 is 14.4 Å². The summed E-state index contributed by atoms with van der Waals surface area (Å²) in [4.78, 5) is 67.4. The Morgan fingerprint density at radius 2 is 1.64 bits per heavy atom. The fraction of sp³-hybridized carbons (Fsp3) is 0.286. The molecule has 2 aromatic rings. The van der Waals surface area contributed by atoms with E-state index in [0.29, 0.717) is 40.0 Å². The maximum atomic E-state index is 14.0. The lowest BCUT2D eigenvalue weighted by Gasteiger charge is -2.41. The zero-order valence-electron chi connectivity index (χ0n) is 24.7. The minimum absolute atomic E-state index is 0.122. The van der Waals surface area contributed by atoms with E-state index in [0.717, 1.165) is 5.57 Å². The Morgan fingerprint density at radius 3 is 2.25 bits per heavy atom. The molecule has 2 aromatic carbocycles. The van der Waals surface area contributed by atoms with Gasteiger partial charge in [0.15, 0.2) is 28.8 Å². The van der Waals surface area contributed by atoms with Gasteiger partial charge in [-0.3, -0.25) is 28.9 Å². The van der Waals surface area contributed by atoms with Crippen molar-refractivity contribution < 1.29 is 38.6 Å². The van der Waals surface area contributed by atoms with Gasteiger partial charge in [-0.25, -0.2) is 0 Å². The molecule has 1 saturated heterocycles. The standard InChI is InChI=1S/C35H31NO8/c1-17-13-27(38)26-16-25-22(23(30(26)32(17)39)10-5-19-14-28(43-3)33(40)29(15-19)44-4)11-12-24-31(25)35(42)36(34(24)41)21-8-6-20(7-9-21)18(2)37/h5-11,13-15,23-25,31,40H,12,16H2,1-4H3/t23-,24-,25+,31-/m0/s1. The number of phenols is 1. The van der Waals surface area contributed by atoms with Crippen LogP contribution in [0.4, 0.5) is 5.69 Å². The monoisotopic (exact) mass is 593 g/mol. The number of phenolic OH excluding ortho intramolecular Hbond substituents is 1. The van der Waals surface area contributed by atoms with Crippen LogP contribution in [-0.4, -0.2) is 48.5 Å². The molecule has 4 atom stereocenters. The maximum Gasteiger partial charge on any atom is 0.238 e. The number of allylic oxidation sites excluding steroid dienone is 7. The fourth-order valence-electron chi connectivity index (χ4n) is 6.96. The second-order valence-electron chi connectivity index (χ2n) is 11.5. The van der Waals surface area contributed by atoms with Crippen molar-refractivity contribution in [2.75, 3.05) is 19.1 Å². The average Bonchev–Trinajstić information content (AvgIpc) is 3.27. The highest BCUT2D eigenvalue weighted by Crippen LogP contribution is 2.53. The van der Waals surface area contributed by atoms with E-state index in [-0.39, 0.29) is 52.8 Å². The number of anilines is 1. The lowest BCUT2D eigenvalue weighted by Crippen LogP contribution is -2.40. The van der Waals surface area contributed by atoms with Crippen molar-refractivity contribution in [3.05, 3.63) is 88.0 Å². The van der Waals surface area contributed by atoms with Crippen molar-refractivity contribution in [2.45, 2.75) is 26.7 Å². The van der Waals surface area contributed by atoms with Gasteiger partial charge < -0.3 is 14.6 Å². The Hall–Kier alpha value is -5.05. The number of ketones is 3. The highest BCUT2D eigenvalue weighted by molar-refractivity contribution is 6.24. The summed E-state index contributed by atoms with van der Waals surface area (Å²) in [7, 11) is 2.85. The number of imide groups is 1. The normalized spacial score (nSPS) is 24.6. The molecule has 9 heteroatoms. The SMILES string of the molecule is COc1cc(C=C[C@H]2C3=CC[C@@H]4C(=O)N(c5ccc(C(C)=O)cc5)C(=O)[C@@H]4[C@@H]3CC3=C2C(=O)C(C)=CC3=O)cc(OC)c1O. The molecule has 44 heavy (non-hydrogen) atoms. The molecular formula is C35H31NO8. The van der Waals surface area contributed by atoms with E-state index in [1.54, 1.807) is 49.4 Å². The van der Waals surface area contributed by atoms with Crippen LogP contribution in [0.15, 0.2) is 76.9 Å². The number of rotatable bonds is 6. The van der Waals surface area contributed by atoms with Crippen LogP contribution in [0.5, 0.6) is 17.2 Å². The molecule has 1 heterocycles. The number of benzene rings is 2. The predicted octanol–water partition coefficient (Wildman–Crippen LogP) is 4.79. The van der Waals surface area contributed by atoms with Crippen molar-refractivity contribution >= 4 is 40.9 Å². The first kappa shape index (κ1) is 29.0. The topological polar surface area (TPSA) is 127 Å². The third-order valence-corrected chi connectivity index (χ3v) is 9.13. The quantitative estimate of drug-likeness (QED) is 0.219. The Bertz CT molecular complexity index is 1750. The zero-order valence-corrected chi connectivity index (χ0v) is 24.7. The molecule has 1 N–H and O–H groups in total. The summed E-state index contributed by atoms with van der Waals surface area (Å²) < 4.78 is 10.6. The molecule has 0 saturated carbocycles. The van der Waals surface area contributed by atoms with E-state index in [1.165, 1.54) is 32.1 Å². The van der Waals surface area contributed by atoms with E-state index < -0.39 is 23.7 Å². The van der Waals surface area contributed by atoms with E-state index in [4.69, 9.17) is 9.47 Å². The Kier molecular flexibility index (Phi) is 7.19. The number of methoxy groups -OCH3 is 2. The molecule has 1 aliphatic heterocycles. The van der Waals surface area contributed by atoms with Crippen molar-refractivity contribution in [1.82, 2.24) is 0 Å². The number of ether oxygens (including phenoxy) is 2. The molecular weight excluding hydrogens is 562 g/mol. The number of amides is 2. The zero-order chi connectivity index (χ0) is 31.4. The van der Waals surface area contributed by atoms with Gasteiger partial charge in [-0.15, -0.1) is 0 Å². The minimum atomic E-state index is -0.705. The van der Waals surface area contributed by atoms with Gasteiger partial charge in [-0.05, 0) is 80.6 Å². The first-order valence-electron chi connectivity index (χ1n) is 14.4. The molecule has 1 fully saturated rings. The van der Waals surface area contributed by atoms with Gasteiger partial charge in [0.1, 0.15) is 0 Å². The van der Waals surface area contributed by atoms with Crippen molar-refractivity contribution in [1.29, 1.82) is 0 Å². The van der Waals surface area contributed by atoms with Crippen molar-refractivity contribution in [3.8, 4) is 17.2 Å². The number of Topliss-reactive ketones (excluding diaryl/α,β-unsaturated/α-hetero) is 2. The maximum absolute atomic E-state index is 14.0. The third-order valence-electron chi connectivity index (χ3n) is 9.13. The highest BCUT2D eigenvalue weighted by atomic mass is 16.5. The molecule has 4 aliphatic rings. The Labute approximate surface area is 254 Å². The number of nitrogens with zero attached hydrogens (tertiary/aromatic N) is 1. The minimum Gasteiger partial charge on any atom is -0.502 e. The summed E-state index contributed by atoms with van der Waals surface area (Å²) in [6.07, 6.45) is 7.37. The van der Waals surface area contributed by atoms with Gasteiger partial charge in [0, 0.05) is 28.2 Å². The summed E-state index contributed by atoms with van der Waals surface area (Å²) in [5.41, 5.74) is 3.42. The van der Waals surface area contributed by atoms with Gasteiger partial charge in [-0.2, -0.15) is 0 Å². The largest absolute Gasteiger partial charge is 0.502 e. The number of hydrogen-bond acceptors (Lipinski definition) is 8. The number of hydrogen-bond donors (Lipinski definition) is 1. The summed E-state index contributed by atoms with van der Waals surface area (Å²) in [6, 6.07) is 9.64. The van der Waals surface area contributed by atoms with Crippen LogP contribution in [0, 0.1) is 23.7 Å². The second kappa shape index (κ2) is 10.9. The third kappa shape index (κ3) is 4.51. The van der Waals surface area contributed by atoms with Crippen LogP contribution in [0.3, 0.4) is 0 Å². The summed E-state index contributed by atoms with van der Waals surface area (Å²) >= 11 is 0. The Balaban J connectivity index is 1.41. The molecule has 0 bridgehead atoms. The number of carbonyl (C=O) groups excluding carboxylic acids is 5. The fourth-order valence-corrected chi connectivity index (χ4v) is 6.96. The summed E-state index contributed by atoms with van der Waals surface area (Å²) in [5.74, 6) is -3.39. The first-order chi connectivity index (χ1) is 21.0. The van der Waals surface area contributed by atoms with Gasteiger partial charge in [0.2, 0.25) is 17.6 Å². The average molecular weight is 594 g/mol.